The van der Waals surface area contributed by atoms with Crippen LogP contribution in [0.1, 0.15) is 36.4 Å². The first kappa shape index (κ1) is 29.2. The highest BCUT2D eigenvalue weighted by atomic mass is 35.5. The molecule has 9 heteroatoms. The van der Waals surface area contributed by atoms with Gasteiger partial charge >= 0.3 is 0 Å². The van der Waals surface area contributed by atoms with Crippen LogP contribution in [-0.2, 0) is 14.3 Å². The summed E-state index contributed by atoms with van der Waals surface area (Å²) >= 11 is 12.3. The summed E-state index contributed by atoms with van der Waals surface area (Å²) in [6.45, 7) is 5.54. The molecule has 4 rings (SSSR count). The van der Waals surface area contributed by atoms with Gasteiger partial charge in [0.15, 0.2) is 0 Å². The van der Waals surface area contributed by atoms with Gasteiger partial charge in [0.1, 0.15) is 0 Å². The second-order valence-corrected chi connectivity index (χ2v) is 10.9. The summed E-state index contributed by atoms with van der Waals surface area (Å²) < 4.78 is 5.54. The van der Waals surface area contributed by atoms with Gasteiger partial charge in [-0.2, -0.15) is 0 Å². The maximum absolute atomic E-state index is 13.5. The van der Waals surface area contributed by atoms with E-state index >= 15 is 0 Å². The van der Waals surface area contributed by atoms with E-state index in [4.69, 9.17) is 27.9 Å². The lowest BCUT2D eigenvalue weighted by atomic mass is 9.90. The highest BCUT2D eigenvalue weighted by molar-refractivity contribution is 6.42. The Hall–Kier alpha value is -2.84. The Morgan fingerprint density at radius 2 is 1.79 bits per heavy atom. The maximum Gasteiger partial charge on any atom is 0.242 e. The minimum absolute atomic E-state index is 0.0109. The normalized spacial score (nSPS) is 18.3. The molecule has 0 aromatic heterocycles. The fourth-order valence-electron chi connectivity index (χ4n) is 4.91. The Morgan fingerprint density at radius 3 is 2.41 bits per heavy atom. The molecule has 2 aliphatic rings. The van der Waals surface area contributed by atoms with Gasteiger partial charge in [0.05, 0.1) is 35.8 Å². The monoisotopic (exact) mass is 570 g/mol. The molecular weight excluding hydrogens is 535 g/mol. The van der Waals surface area contributed by atoms with Crippen LogP contribution in [0.3, 0.4) is 0 Å². The number of allylic oxidation sites excluding steroid dienone is 3. The first-order valence-corrected chi connectivity index (χ1v) is 13.9. The predicted octanol–water partition coefficient (Wildman–Crippen LogP) is 5.03. The van der Waals surface area contributed by atoms with E-state index in [2.05, 4.69) is 46.6 Å². The molecule has 1 aliphatic heterocycles. The molecule has 2 atom stereocenters. The highest BCUT2D eigenvalue weighted by Crippen LogP contribution is 2.30. The van der Waals surface area contributed by atoms with Gasteiger partial charge in [0.25, 0.3) is 0 Å². The molecule has 2 aromatic carbocycles. The first-order chi connectivity index (χ1) is 18.7. The average molecular weight is 572 g/mol. The number of benzene rings is 2. The summed E-state index contributed by atoms with van der Waals surface area (Å²) in [5.74, 6) is 0.187. The minimum Gasteiger partial charge on any atom is -0.379 e. The molecule has 2 unspecified atom stereocenters. The highest BCUT2D eigenvalue weighted by Gasteiger charge is 2.26. The lowest BCUT2D eigenvalue weighted by Gasteiger charge is -2.36. The molecule has 7 nitrogen and oxygen atoms in total. The summed E-state index contributed by atoms with van der Waals surface area (Å²) in [4.78, 5) is 30.9. The number of carbonyl (C=O) groups excluding carboxylic acids is 2. The fraction of sp³-hybridized carbons (Fsp3) is 0.400. The van der Waals surface area contributed by atoms with Crippen LogP contribution in [0.2, 0.25) is 10.0 Å². The van der Waals surface area contributed by atoms with Crippen LogP contribution in [-0.4, -0.2) is 75.1 Å². The lowest BCUT2D eigenvalue weighted by Crippen LogP contribution is -2.45. The molecule has 1 N–H and O–H groups in total. The Balaban J connectivity index is 1.48. The Kier molecular flexibility index (Phi) is 10.1. The standard InChI is InChI=1S/C30H36Cl2N4O3/c1-21(37)33-25-10-8-23(9-11-25)22-4-6-24(7-5-22)29(19-36-14-16-39-17-15-36)35(3)30(38)20-34(2)26-12-13-27(31)28(32)18-26/h4-8,10-13,18,23,29H,9,14-17,19-20H2,1-3H3,(H,33,37). The summed E-state index contributed by atoms with van der Waals surface area (Å²) in [6, 6.07) is 13.8. The third-order valence-electron chi connectivity index (χ3n) is 7.28. The molecule has 2 amide bonds. The quantitative estimate of drug-likeness (QED) is 0.458. The third kappa shape index (κ3) is 7.85. The van der Waals surface area contributed by atoms with Gasteiger partial charge in [0, 0.05) is 58.0 Å². The van der Waals surface area contributed by atoms with E-state index < -0.39 is 0 Å². The molecule has 0 spiro atoms. The molecule has 0 radical (unpaired) electrons. The Labute approximate surface area is 241 Å². The van der Waals surface area contributed by atoms with E-state index in [1.165, 1.54) is 12.5 Å². The zero-order chi connectivity index (χ0) is 27.9. The fourth-order valence-corrected chi connectivity index (χ4v) is 5.20. The molecule has 1 aliphatic carbocycles. The zero-order valence-electron chi connectivity index (χ0n) is 22.7. The SMILES string of the molecule is CC(=O)NC1=CCC(c2ccc(C(CN3CCOCC3)N(C)C(=O)CN(C)c3ccc(Cl)c(Cl)c3)cc2)C=C1. The van der Waals surface area contributed by atoms with Crippen molar-refractivity contribution < 1.29 is 14.3 Å². The van der Waals surface area contributed by atoms with Gasteiger partial charge < -0.3 is 19.9 Å². The smallest absolute Gasteiger partial charge is 0.242 e. The van der Waals surface area contributed by atoms with Crippen LogP contribution in [0.5, 0.6) is 0 Å². The first-order valence-electron chi connectivity index (χ1n) is 13.2. The van der Waals surface area contributed by atoms with E-state index in [0.29, 0.717) is 23.3 Å². The number of rotatable bonds is 9. The lowest BCUT2D eigenvalue weighted by molar-refractivity contribution is -0.131. The number of halogens is 2. The van der Waals surface area contributed by atoms with Gasteiger partial charge in [-0.3, -0.25) is 14.5 Å². The molecule has 39 heavy (non-hydrogen) atoms. The average Bonchev–Trinajstić information content (AvgIpc) is 2.93. The Morgan fingerprint density at radius 1 is 1.08 bits per heavy atom. The second-order valence-electron chi connectivity index (χ2n) is 10.1. The van der Waals surface area contributed by atoms with Crippen molar-refractivity contribution in [1.82, 2.24) is 15.1 Å². The minimum atomic E-state index is -0.111. The second kappa shape index (κ2) is 13.5. The zero-order valence-corrected chi connectivity index (χ0v) is 24.2. The van der Waals surface area contributed by atoms with Crippen LogP contribution in [0, 0.1) is 0 Å². The molecule has 0 bridgehead atoms. The van der Waals surface area contributed by atoms with E-state index in [1.807, 2.05) is 36.0 Å². The summed E-state index contributed by atoms with van der Waals surface area (Å²) in [5.41, 5.74) is 3.96. The summed E-state index contributed by atoms with van der Waals surface area (Å²) in [6.07, 6.45) is 6.96. The third-order valence-corrected chi connectivity index (χ3v) is 8.02. The number of nitrogens with zero attached hydrogens (tertiary/aromatic N) is 3. The van der Waals surface area contributed by atoms with Gasteiger partial charge in [-0.05, 0) is 41.8 Å². The summed E-state index contributed by atoms with van der Waals surface area (Å²) in [7, 11) is 3.75. The molecule has 2 aromatic rings. The van der Waals surface area contributed by atoms with Crippen LogP contribution in [0.15, 0.2) is 66.4 Å². The molecule has 0 saturated carbocycles. The number of anilines is 1. The van der Waals surface area contributed by atoms with Crippen molar-refractivity contribution in [2.75, 3.05) is 58.4 Å². The number of nitrogens with one attached hydrogen (secondary N) is 1. The number of ether oxygens (including phenoxy) is 1. The number of likely N-dealkylation sites (N-methyl/N-ethyl adjacent to an activating group) is 2. The molecular formula is C30H36Cl2N4O3. The molecule has 208 valence electrons. The number of morpholine rings is 1. The van der Waals surface area contributed by atoms with Gasteiger partial charge in [-0.1, -0.05) is 59.6 Å². The van der Waals surface area contributed by atoms with E-state index in [1.54, 1.807) is 12.1 Å². The number of amides is 2. The van der Waals surface area contributed by atoms with Crippen molar-refractivity contribution in [2.45, 2.75) is 25.3 Å². The van der Waals surface area contributed by atoms with E-state index in [9.17, 15) is 9.59 Å². The predicted molar refractivity (Wildman–Crippen MR) is 157 cm³/mol. The van der Waals surface area contributed by atoms with Crippen molar-refractivity contribution in [3.63, 3.8) is 0 Å². The van der Waals surface area contributed by atoms with Crippen LogP contribution in [0.4, 0.5) is 5.69 Å². The molecule has 1 saturated heterocycles. The van der Waals surface area contributed by atoms with Crippen molar-refractivity contribution in [3.05, 3.63) is 87.6 Å². The Bertz CT molecular complexity index is 1230. The van der Waals surface area contributed by atoms with Gasteiger partial charge in [-0.25, -0.2) is 0 Å². The maximum atomic E-state index is 13.5. The van der Waals surface area contributed by atoms with Crippen LogP contribution in [0.25, 0.3) is 0 Å². The summed E-state index contributed by atoms with van der Waals surface area (Å²) in [5, 5.41) is 3.78. The van der Waals surface area contributed by atoms with Crippen molar-refractivity contribution in [3.8, 4) is 0 Å². The van der Waals surface area contributed by atoms with E-state index in [0.717, 1.165) is 43.0 Å². The van der Waals surface area contributed by atoms with Crippen LogP contribution < -0.4 is 10.2 Å². The number of carbonyl (C=O) groups is 2. The molecule has 1 heterocycles. The van der Waals surface area contributed by atoms with Crippen molar-refractivity contribution in [2.24, 2.45) is 0 Å². The van der Waals surface area contributed by atoms with E-state index in [-0.39, 0.29) is 30.3 Å². The van der Waals surface area contributed by atoms with Crippen LogP contribution >= 0.6 is 23.2 Å². The van der Waals surface area contributed by atoms with Crippen molar-refractivity contribution >= 4 is 40.7 Å². The molecule has 1 fully saturated rings. The van der Waals surface area contributed by atoms with Gasteiger partial charge in [0.2, 0.25) is 11.8 Å². The van der Waals surface area contributed by atoms with Crippen molar-refractivity contribution in [1.29, 1.82) is 0 Å². The number of hydrogen-bond donors (Lipinski definition) is 1. The van der Waals surface area contributed by atoms with Gasteiger partial charge in [-0.15, -0.1) is 0 Å². The number of hydrogen-bond acceptors (Lipinski definition) is 5. The largest absolute Gasteiger partial charge is 0.379 e. The topological polar surface area (TPSA) is 65.1 Å².